The molecule has 0 fully saturated rings. The minimum Gasteiger partial charge on any atom is -0.484 e. The van der Waals surface area contributed by atoms with Crippen LogP contribution in [-0.2, 0) is 16.1 Å². The first-order valence-electron chi connectivity index (χ1n) is 8.88. The summed E-state index contributed by atoms with van der Waals surface area (Å²) in [6.45, 7) is 5.53. The Morgan fingerprint density at radius 3 is 2.21 bits per heavy atom. The zero-order valence-corrected chi connectivity index (χ0v) is 17.9. The van der Waals surface area contributed by atoms with Crippen molar-refractivity contribution in [3.8, 4) is 5.75 Å². The third-order valence-corrected chi connectivity index (χ3v) is 5.30. The Balaban J connectivity index is 2.16. The van der Waals surface area contributed by atoms with Gasteiger partial charge in [0.2, 0.25) is 5.91 Å². The van der Waals surface area contributed by atoms with Crippen molar-refractivity contribution in [2.75, 3.05) is 13.7 Å². The van der Waals surface area contributed by atoms with E-state index < -0.39 is 6.04 Å². The standard InChI is InChI=1S/C21H24Cl2N2O3/c1-13-9-18(10-14(2)20(13)23)28-12-19(26)25(15(3)21(27)24-4)11-16-5-7-17(22)8-6-16/h5-10,15H,11-12H2,1-4H3,(H,24,27)/t15-/m0/s1. The van der Waals surface area contributed by atoms with Gasteiger partial charge in [-0.15, -0.1) is 0 Å². The highest BCUT2D eigenvalue weighted by atomic mass is 35.5. The average Bonchev–Trinajstić information content (AvgIpc) is 2.68. The van der Waals surface area contributed by atoms with Crippen LogP contribution in [0.3, 0.4) is 0 Å². The lowest BCUT2D eigenvalue weighted by Crippen LogP contribution is -2.48. The van der Waals surface area contributed by atoms with Gasteiger partial charge in [-0.25, -0.2) is 0 Å². The molecule has 0 saturated carbocycles. The fraction of sp³-hybridized carbons (Fsp3) is 0.333. The molecule has 5 nitrogen and oxygen atoms in total. The largest absolute Gasteiger partial charge is 0.484 e. The molecule has 2 rings (SSSR count). The zero-order chi connectivity index (χ0) is 20.8. The molecule has 7 heteroatoms. The van der Waals surface area contributed by atoms with E-state index in [1.165, 1.54) is 4.90 Å². The van der Waals surface area contributed by atoms with E-state index in [0.717, 1.165) is 16.7 Å². The summed E-state index contributed by atoms with van der Waals surface area (Å²) in [5, 5.41) is 3.87. The second-order valence-corrected chi connectivity index (χ2v) is 7.41. The van der Waals surface area contributed by atoms with Gasteiger partial charge in [0.25, 0.3) is 5.91 Å². The number of aryl methyl sites for hydroxylation is 2. The summed E-state index contributed by atoms with van der Waals surface area (Å²) >= 11 is 12.1. The van der Waals surface area contributed by atoms with E-state index in [2.05, 4.69) is 5.32 Å². The summed E-state index contributed by atoms with van der Waals surface area (Å²) in [7, 11) is 1.54. The Hall–Kier alpha value is -2.24. The first kappa shape index (κ1) is 22.1. The number of amides is 2. The predicted octanol–water partition coefficient (Wildman–Crippen LogP) is 4.15. The first-order valence-corrected chi connectivity index (χ1v) is 9.63. The van der Waals surface area contributed by atoms with Gasteiger partial charge in [0.1, 0.15) is 11.8 Å². The number of hydrogen-bond acceptors (Lipinski definition) is 3. The molecule has 0 unspecified atom stereocenters. The van der Waals surface area contributed by atoms with E-state index in [-0.39, 0.29) is 25.0 Å². The molecular weight excluding hydrogens is 399 g/mol. The monoisotopic (exact) mass is 422 g/mol. The van der Waals surface area contributed by atoms with E-state index in [4.69, 9.17) is 27.9 Å². The van der Waals surface area contributed by atoms with Gasteiger partial charge in [-0.2, -0.15) is 0 Å². The van der Waals surface area contributed by atoms with Gasteiger partial charge in [0.15, 0.2) is 6.61 Å². The molecule has 1 atom stereocenters. The summed E-state index contributed by atoms with van der Waals surface area (Å²) in [6, 6.07) is 10.1. The molecule has 1 N–H and O–H groups in total. The van der Waals surface area contributed by atoms with E-state index in [9.17, 15) is 9.59 Å². The van der Waals surface area contributed by atoms with Crippen LogP contribution in [0.5, 0.6) is 5.75 Å². The highest BCUT2D eigenvalue weighted by Crippen LogP contribution is 2.26. The minimum atomic E-state index is -0.648. The van der Waals surface area contributed by atoms with Crippen LogP contribution >= 0.6 is 23.2 Å². The number of carbonyl (C=O) groups is 2. The Bertz CT molecular complexity index is 830. The van der Waals surface area contributed by atoms with Gasteiger partial charge in [-0.1, -0.05) is 35.3 Å². The lowest BCUT2D eigenvalue weighted by Gasteiger charge is -2.28. The molecule has 0 radical (unpaired) electrons. The van der Waals surface area contributed by atoms with Crippen molar-refractivity contribution < 1.29 is 14.3 Å². The number of ether oxygens (including phenoxy) is 1. The molecule has 28 heavy (non-hydrogen) atoms. The first-order chi connectivity index (χ1) is 13.2. The lowest BCUT2D eigenvalue weighted by atomic mass is 10.1. The number of hydrogen-bond donors (Lipinski definition) is 1. The zero-order valence-electron chi connectivity index (χ0n) is 16.4. The SMILES string of the molecule is CNC(=O)[C@H](C)N(Cc1ccc(Cl)cc1)C(=O)COc1cc(C)c(Cl)c(C)c1. The van der Waals surface area contributed by atoms with Crippen LogP contribution in [0.1, 0.15) is 23.6 Å². The fourth-order valence-electron chi connectivity index (χ4n) is 2.80. The maximum Gasteiger partial charge on any atom is 0.261 e. The van der Waals surface area contributed by atoms with Crippen LogP contribution in [0.2, 0.25) is 10.0 Å². The topological polar surface area (TPSA) is 58.6 Å². The van der Waals surface area contributed by atoms with E-state index in [1.54, 1.807) is 38.2 Å². The Morgan fingerprint density at radius 1 is 1.11 bits per heavy atom. The summed E-state index contributed by atoms with van der Waals surface area (Å²) in [4.78, 5) is 26.5. The molecule has 2 aromatic carbocycles. The molecule has 150 valence electrons. The molecule has 0 saturated heterocycles. The fourth-order valence-corrected chi connectivity index (χ4v) is 3.03. The maximum absolute atomic E-state index is 12.9. The Kier molecular flexibility index (Phi) is 7.72. The van der Waals surface area contributed by atoms with Crippen LogP contribution < -0.4 is 10.1 Å². The second-order valence-electron chi connectivity index (χ2n) is 6.60. The normalized spacial score (nSPS) is 11.6. The summed E-state index contributed by atoms with van der Waals surface area (Å²) in [5.74, 6) is 0.0172. The van der Waals surface area contributed by atoms with Gasteiger partial charge in [0.05, 0.1) is 0 Å². The predicted molar refractivity (Wildman–Crippen MR) is 112 cm³/mol. The molecule has 2 aromatic rings. The number of nitrogens with zero attached hydrogens (tertiary/aromatic N) is 1. The molecular formula is C21H24Cl2N2O3. The van der Waals surface area contributed by atoms with Gasteiger partial charge in [0, 0.05) is 23.6 Å². The van der Waals surface area contributed by atoms with Crippen molar-refractivity contribution in [1.29, 1.82) is 0 Å². The summed E-state index contributed by atoms with van der Waals surface area (Å²) in [6.07, 6.45) is 0. The molecule has 0 heterocycles. The van der Waals surface area contributed by atoms with E-state index in [1.807, 2.05) is 26.0 Å². The molecule has 0 spiro atoms. The Labute approximate surface area is 175 Å². The number of likely N-dealkylation sites (N-methyl/N-ethyl adjacent to an activating group) is 1. The van der Waals surface area contributed by atoms with Gasteiger partial charge < -0.3 is 15.0 Å². The third-order valence-electron chi connectivity index (χ3n) is 4.45. The van der Waals surface area contributed by atoms with Crippen molar-refractivity contribution in [2.24, 2.45) is 0 Å². The molecule has 0 aromatic heterocycles. The van der Waals surface area contributed by atoms with Crippen LogP contribution in [0.15, 0.2) is 36.4 Å². The quantitative estimate of drug-likeness (QED) is 0.728. The van der Waals surface area contributed by atoms with Crippen molar-refractivity contribution in [2.45, 2.75) is 33.4 Å². The number of carbonyl (C=O) groups excluding carboxylic acids is 2. The number of rotatable bonds is 7. The van der Waals surface area contributed by atoms with Crippen molar-refractivity contribution in [1.82, 2.24) is 10.2 Å². The Morgan fingerprint density at radius 2 is 1.68 bits per heavy atom. The molecule has 0 bridgehead atoms. The number of nitrogens with one attached hydrogen (secondary N) is 1. The van der Waals surface area contributed by atoms with Gasteiger partial charge in [-0.05, 0) is 61.7 Å². The van der Waals surface area contributed by atoms with Crippen molar-refractivity contribution in [3.63, 3.8) is 0 Å². The second kappa shape index (κ2) is 9.80. The molecule has 0 aliphatic rings. The van der Waals surface area contributed by atoms with Crippen LogP contribution in [-0.4, -0.2) is 36.4 Å². The smallest absolute Gasteiger partial charge is 0.261 e. The molecule has 0 aliphatic carbocycles. The van der Waals surface area contributed by atoms with Gasteiger partial charge >= 0.3 is 0 Å². The summed E-state index contributed by atoms with van der Waals surface area (Å²) < 4.78 is 5.68. The molecule has 0 aliphatic heterocycles. The maximum atomic E-state index is 12.9. The van der Waals surface area contributed by atoms with Crippen LogP contribution in [0.4, 0.5) is 0 Å². The van der Waals surface area contributed by atoms with Crippen LogP contribution in [0.25, 0.3) is 0 Å². The molecule has 2 amide bonds. The average molecular weight is 423 g/mol. The third kappa shape index (κ3) is 5.63. The summed E-state index contributed by atoms with van der Waals surface area (Å²) in [5.41, 5.74) is 2.62. The van der Waals surface area contributed by atoms with Gasteiger partial charge in [-0.3, -0.25) is 9.59 Å². The van der Waals surface area contributed by atoms with Crippen molar-refractivity contribution >= 4 is 35.0 Å². The van der Waals surface area contributed by atoms with Crippen molar-refractivity contribution in [3.05, 3.63) is 63.1 Å². The number of halogens is 2. The van der Waals surface area contributed by atoms with E-state index in [0.29, 0.717) is 15.8 Å². The highest BCUT2D eigenvalue weighted by molar-refractivity contribution is 6.32. The highest BCUT2D eigenvalue weighted by Gasteiger charge is 2.26. The van der Waals surface area contributed by atoms with E-state index >= 15 is 0 Å². The minimum absolute atomic E-state index is 0.185. The van der Waals surface area contributed by atoms with Crippen LogP contribution in [0, 0.1) is 13.8 Å². The lowest BCUT2D eigenvalue weighted by molar-refractivity contribution is -0.142. The number of benzene rings is 2.